The highest BCUT2D eigenvalue weighted by Gasteiger charge is 2.28. The number of furan rings is 1. The van der Waals surface area contributed by atoms with Crippen LogP contribution in [0.5, 0.6) is 0 Å². The Morgan fingerprint density at radius 2 is 2.10 bits per heavy atom. The number of anilines is 1. The lowest BCUT2D eigenvalue weighted by atomic mass is 9.82. The summed E-state index contributed by atoms with van der Waals surface area (Å²) in [6.07, 6.45) is 1.92. The fourth-order valence-electron chi connectivity index (χ4n) is 2.60. The highest BCUT2D eigenvalue weighted by molar-refractivity contribution is 5.96. The largest absolute Gasteiger partial charge is 0.451 e. The maximum absolute atomic E-state index is 12.2. The Labute approximate surface area is 123 Å². The van der Waals surface area contributed by atoms with Gasteiger partial charge >= 0.3 is 0 Å². The summed E-state index contributed by atoms with van der Waals surface area (Å²) >= 11 is 0. The van der Waals surface area contributed by atoms with Crippen molar-refractivity contribution in [2.45, 2.75) is 19.8 Å². The molecule has 1 aliphatic heterocycles. The van der Waals surface area contributed by atoms with Crippen LogP contribution in [-0.4, -0.2) is 25.7 Å². The number of fused-ring (bicyclic) bond motifs is 1. The molecule has 0 bridgehead atoms. The molecule has 1 fully saturated rings. The van der Waals surface area contributed by atoms with Crippen molar-refractivity contribution in [2.75, 3.05) is 25.5 Å². The number of rotatable bonds is 3. The first kappa shape index (κ1) is 13.9. The molecule has 0 radical (unpaired) electrons. The average Bonchev–Trinajstić information content (AvgIpc) is 2.88. The number of amides is 1. The third-order valence-corrected chi connectivity index (χ3v) is 4.14. The van der Waals surface area contributed by atoms with Gasteiger partial charge in [-0.25, -0.2) is 0 Å². The molecular formula is C16H20N2O3. The topological polar surface area (TPSA) is 77.5 Å². The van der Waals surface area contributed by atoms with Gasteiger partial charge in [-0.1, -0.05) is 6.92 Å². The Hall–Kier alpha value is -2.01. The first-order chi connectivity index (χ1) is 10.1. The molecule has 0 aliphatic carbocycles. The Morgan fingerprint density at radius 1 is 1.33 bits per heavy atom. The maximum Gasteiger partial charge on any atom is 0.287 e. The zero-order valence-corrected chi connectivity index (χ0v) is 12.1. The van der Waals surface area contributed by atoms with Crippen LogP contribution >= 0.6 is 0 Å². The molecule has 1 aliphatic rings. The van der Waals surface area contributed by atoms with E-state index in [1.807, 2.05) is 0 Å². The average molecular weight is 288 g/mol. The van der Waals surface area contributed by atoms with Crippen LogP contribution in [0, 0.1) is 5.41 Å². The van der Waals surface area contributed by atoms with E-state index in [4.69, 9.17) is 14.9 Å². The summed E-state index contributed by atoms with van der Waals surface area (Å²) in [5.41, 5.74) is 7.16. The number of nitrogen functional groups attached to an aromatic ring is 1. The number of benzene rings is 1. The van der Waals surface area contributed by atoms with Gasteiger partial charge in [-0.05, 0) is 42.5 Å². The second-order valence-electron chi connectivity index (χ2n) is 6.01. The number of ether oxygens (including phenoxy) is 1. The van der Waals surface area contributed by atoms with E-state index in [1.165, 1.54) is 0 Å². The minimum atomic E-state index is -0.183. The normalized spacial score (nSPS) is 17.8. The molecule has 1 aromatic carbocycles. The van der Waals surface area contributed by atoms with Crippen molar-refractivity contribution in [1.82, 2.24) is 5.32 Å². The molecule has 1 aromatic heterocycles. The van der Waals surface area contributed by atoms with Crippen molar-refractivity contribution in [3.8, 4) is 0 Å². The molecule has 3 N–H and O–H groups in total. The van der Waals surface area contributed by atoms with Crippen molar-refractivity contribution in [1.29, 1.82) is 0 Å². The fraction of sp³-hybridized carbons (Fsp3) is 0.438. The van der Waals surface area contributed by atoms with Crippen LogP contribution in [0.25, 0.3) is 11.0 Å². The summed E-state index contributed by atoms with van der Waals surface area (Å²) in [4.78, 5) is 12.2. The monoisotopic (exact) mass is 288 g/mol. The van der Waals surface area contributed by atoms with Crippen LogP contribution in [0.1, 0.15) is 30.3 Å². The smallest absolute Gasteiger partial charge is 0.287 e. The van der Waals surface area contributed by atoms with Gasteiger partial charge in [0.2, 0.25) is 0 Å². The van der Waals surface area contributed by atoms with Gasteiger partial charge in [-0.15, -0.1) is 0 Å². The zero-order valence-electron chi connectivity index (χ0n) is 12.1. The Morgan fingerprint density at radius 3 is 2.86 bits per heavy atom. The lowest BCUT2D eigenvalue weighted by Gasteiger charge is -2.33. The first-order valence-electron chi connectivity index (χ1n) is 7.21. The van der Waals surface area contributed by atoms with Gasteiger partial charge in [-0.3, -0.25) is 4.79 Å². The van der Waals surface area contributed by atoms with E-state index in [1.54, 1.807) is 24.3 Å². The lowest BCUT2D eigenvalue weighted by molar-refractivity contribution is 0.0237. The number of carbonyl (C=O) groups excluding carboxylic acids is 1. The summed E-state index contributed by atoms with van der Waals surface area (Å²) in [6.45, 7) is 4.33. The molecule has 112 valence electrons. The summed E-state index contributed by atoms with van der Waals surface area (Å²) in [5.74, 6) is 0.142. The third-order valence-electron chi connectivity index (χ3n) is 4.14. The van der Waals surface area contributed by atoms with Crippen LogP contribution in [0.2, 0.25) is 0 Å². The molecule has 2 heterocycles. The predicted octanol–water partition coefficient (Wildman–Crippen LogP) is 2.56. The molecule has 2 aromatic rings. The minimum absolute atomic E-state index is 0.102. The second kappa shape index (κ2) is 5.41. The van der Waals surface area contributed by atoms with E-state index in [0.29, 0.717) is 23.6 Å². The van der Waals surface area contributed by atoms with Gasteiger partial charge in [0.25, 0.3) is 5.91 Å². The zero-order chi connectivity index (χ0) is 14.9. The molecule has 1 saturated heterocycles. The van der Waals surface area contributed by atoms with Crippen molar-refractivity contribution in [3.05, 3.63) is 30.0 Å². The first-order valence-corrected chi connectivity index (χ1v) is 7.21. The molecule has 5 nitrogen and oxygen atoms in total. The SMILES string of the molecule is CC1(CNC(=O)c2cc3cc(N)ccc3o2)CCOCC1. The van der Waals surface area contributed by atoms with Crippen molar-refractivity contribution >= 4 is 22.6 Å². The fourth-order valence-corrected chi connectivity index (χ4v) is 2.60. The third kappa shape index (κ3) is 3.03. The Balaban J connectivity index is 1.69. The minimum Gasteiger partial charge on any atom is -0.451 e. The lowest BCUT2D eigenvalue weighted by Crippen LogP contribution is -2.39. The molecule has 0 unspecified atom stereocenters. The van der Waals surface area contributed by atoms with Crippen LogP contribution < -0.4 is 11.1 Å². The molecule has 3 rings (SSSR count). The summed E-state index contributed by atoms with van der Waals surface area (Å²) in [7, 11) is 0. The van der Waals surface area contributed by atoms with E-state index < -0.39 is 0 Å². The highest BCUT2D eigenvalue weighted by Crippen LogP contribution is 2.29. The molecule has 1 amide bonds. The number of hydrogen-bond acceptors (Lipinski definition) is 4. The van der Waals surface area contributed by atoms with Crippen LogP contribution in [0.4, 0.5) is 5.69 Å². The maximum atomic E-state index is 12.2. The molecule has 0 spiro atoms. The number of carbonyl (C=O) groups is 1. The second-order valence-corrected chi connectivity index (χ2v) is 6.01. The number of hydrogen-bond donors (Lipinski definition) is 2. The van der Waals surface area contributed by atoms with Crippen LogP contribution in [-0.2, 0) is 4.74 Å². The van der Waals surface area contributed by atoms with E-state index in [2.05, 4.69) is 12.2 Å². The van der Waals surface area contributed by atoms with Gasteiger partial charge in [-0.2, -0.15) is 0 Å². The highest BCUT2D eigenvalue weighted by atomic mass is 16.5. The standard InChI is InChI=1S/C16H20N2O3/c1-16(4-6-20-7-5-16)10-18-15(19)14-9-11-8-12(17)2-3-13(11)21-14/h2-3,8-9H,4-7,10,17H2,1H3,(H,18,19). The number of nitrogens with one attached hydrogen (secondary N) is 1. The number of nitrogens with two attached hydrogens (primary N) is 1. The van der Waals surface area contributed by atoms with Gasteiger partial charge in [0.05, 0.1) is 0 Å². The Bertz CT molecular complexity index is 657. The molecule has 0 saturated carbocycles. The van der Waals surface area contributed by atoms with Gasteiger partial charge in [0.15, 0.2) is 5.76 Å². The van der Waals surface area contributed by atoms with Crippen molar-refractivity contribution < 1.29 is 13.9 Å². The molecule has 0 atom stereocenters. The van der Waals surface area contributed by atoms with E-state index in [0.717, 1.165) is 31.4 Å². The Kier molecular flexibility index (Phi) is 3.59. The molecule has 21 heavy (non-hydrogen) atoms. The summed E-state index contributed by atoms with van der Waals surface area (Å²) in [6, 6.07) is 7.07. The summed E-state index contributed by atoms with van der Waals surface area (Å²) in [5, 5.41) is 3.81. The van der Waals surface area contributed by atoms with Crippen LogP contribution in [0.3, 0.4) is 0 Å². The van der Waals surface area contributed by atoms with Crippen LogP contribution in [0.15, 0.2) is 28.7 Å². The van der Waals surface area contributed by atoms with Gasteiger partial charge in [0.1, 0.15) is 5.58 Å². The molecular weight excluding hydrogens is 268 g/mol. The predicted molar refractivity (Wildman–Crippen MR) is 81.1 cm³/mol. The summed E-state index contributed by atoms with van der Waals surface area (Å²) < 4.78 is 10.9. The van der Waals surface area contributed by atoms with E-state index in [9.17, 15) is 4.79 Å². The quantitative estimate of drug-likeness (QED) is 0.851. The van der Waals surface area contributed by atoms with Crippen molar-refractivity contribution in [2.24, 2.45) is 5.41 Å². The van der Waals surface area contributed by atoms with Crippen molar-refractivity contribution in [3.63, 3.8) is 0 Å². The molecule has 5 heteroatoms. The van der Waals surface area contributed by atoms with Gasteiger partial charge in [0, 0.05) is 30.8 Å². The van der Waals surface area contributed by atoms with Gasteiger partial charge < -0.3 is 20.2 Å². The van der Waals surface area contributed by atoms with E-state index >= 15 is 0 Å². The van der Waals surface area contributed by atoms with E-state index in [-0.39, 0.29) is 11.3 Å².